The monoisotopic (exact) mass is 261 g/mol. The number of phenols is 1. The smallest absolute Gasteiger partial charge is 0.389 e. The Hall–Kier alpha value is -1.72. The van der Waals surface area contributed by atoms with Gasteiger partial charge in [-0.15, -0.1) is 0 Å². The Morgan fingerprint density at radius 1 is 1.39 bits per heavy atom. The summed E-state index contributed by atoms with van der Waals surface area (Å²) in [6.07, 6.45) is -5.29. The molecule has 0 saturated carbocycles. The molecule has 1 amide bonds. The number of alkyl halides is 3. The van der Waals surface area contributed by atoms with Crippen molar-refractivity contribution in [3.63, 3.8) is 0 Å². The largest absolute Gasteiger partial charge is 0.508 e. The molecule has 6 heteroatoms. The van der Waals surface area contributed by atoms with Crippen LogP contribution in [0.4, 0.5) is 13.2 Å². The van der Waals surface area contributed by atoms with Gasteiger partial charge >= 0.3 is 6.18 Å². The molecule has 1 aromatic rings. The molecule has 100 valence electrons. The number of hydrogen-bond donors (Lipinski definition) is 2. The maximum atomic E-state index is 11.9. The highest BCUT2D eigenvalue weighted by molar-refractivity contribution is 5.94. The molecule has 0 spiro atoms. The lowest BCUT2D eigenvalue weighted by atomic mass is 10.1. The third-order valence-corrected chi connectivity index (χ3v) is 2.39. The first-order valence-corrected chi connectivity index (χ1v) is 5.44. The fourth-order valence-electron chi connectivity index (χ4n) is 1.34. The van der Waals surface area contributed by atoms with E-state index in [0.29, 0.717) is 5.56 Å². The summed E-state index contributed by atoms with van der Waals surface area (Å²) in [5.74, 6) is -0.509. The highest BCUT2D eigenvalue weighted by Gasteiger charge is 2.25. The summed E-state index contributed by atoms with van der Waals surface area (Å²) >= 11 is 0. The van der Waals surface area contributed by atoms with Crippen LogP contribution in [-0.2, 0) is 0 Å². The number of benzene rings is 1. The molecule has 0 aliphatic heterocycles. The Morgan fingerprint density at radius 2 is 2.06 bits per heavy atom. The zero-order valence-electron chi connectivity index (χ0n) is 9.84. The Balaban J connectivity index is 2.43. The van der Waals surface area contributed by atoms with E-state index in [9.17, 15) is 23.1 Å². The van der Waals surface area contributed by atoms with Crippen LogP contribution < -0.4 is 5.32 Å². The van der Waals surface area contributed by atoms with E-state index < -0.39 is 18.5 Å². The van der Waals surface area contributed by atoms with Crippen molar-refractivity contribution < 1.29 is 23.1 Å². The second kappa shape index (κ2) is 5.75. The molecule has 0 radical (unpaired) electrons. The van der Waals surface area contributed by atoms with E-state index in [4.69, 9.17) is 0 Å². The van der Waals surface area contributed by atoms with Gasteiger partial charge in [-0.1, -0.05) is 6.07 Å². The first kappa shape index (κ1) is 14.3. The molecule has 2 N–H and O–H groups in total. The van der Waals surface area contributed by atoms with Crippen LogP contribution in [0.3, 0.4) is 0 Å². The van der Waals surface area contributed by atoms with Crippen molar-refractivity contribution >= 4 is 5.91 Å². The van der Waals surface area contributed by atoms with E-state index in [0.717, 1.165) is 0 Å². The fraction of sp³-hybridized carbons (Fsp3) is 0.417. The summed E-state index contributed by atoms with van der Waals surface area (Å²) < 4.78 is 35.6. The minimum atomic E-state index is -4.20. The molecular formula is C12H14F3NO2. The highest BCUT2D eigenvalue weighted by Crippen LogP contribution is 2.21. The Kier molecular flexibility index (Phi) is 4.58. The lowest BCUT2D eigenvalue weighted by Gasteiger charge is -2.08. The normalized spacial score (nSPS) is 11.3. The quantitative estimate of drug-likeness (QED) is 0.819. The maximum absolute atomic E-state index is 11.9. The third-order valence-electron chi connectivity index (χ3n) is 2.39. The van der Waals surface area contributed by atoms with Crippen molar-refractivity contribution in [2.75, 3.05) is 6.54 Å². The molecule has 0 unspecified atom stereocenters. The SMILES string of the molecule is Cc1ccc(C(=O)NCCCC(F)(F)F)cc1O. The second-order valence-electron chi connectivity index (χ2n) is 3.98. The predicted molar refractivity (Wildman–Crippen MR) is 60.5 cm³/mol. The van der Waals surface area contributed by atoms with Crippen molar-refractivity contribution in [3.8, 4) is 5.75 Å². The van der Waals surface area contributed by atoms with Gasteiger partial charge in [0.1, 0.15) is 5.75 Å². The molecule has 0 fully saturated rings. The molecule has 0 heterocycles. The van der Waals surface area contributed by atoms with Crippen LogP contribution in [0.15, 0.2) is 18.2 Å². The topological polar surface area (TPSA) is 49.3 Å². The van der Waals surface area contributed by atoms with Crippen LogP contribution in [0, 0.1) is 6.92 Å². The highest BCUT2D eigenvalue weighted by atomic mass is 19.4. The number of aryl methyl sites for hydroxylation is 1. The summed E-state index contributed by atoms with van der Waals surface area (Å²) in [5, 5.41) is 11.8. The standard InChI is InChI=1S/C12H14F3NO2/c1-8-3-4-9(7-10(8)17)11(18)16-6-2-5-12(13,14)15/h3-4,7,17H,2,5-6H2,1H3,(H,16,18). The number of phenolic OH excluding ortho intramolecular Hbond substituents is 1. The Morgan fingerprint density at radius 3 is 2.61 bits per heavy atom. The lowest BCUT2D eigenvalue weighted by Crippen LogP contribution is -2.25. The van der Waals surface area contributed by atoms with Crippen molar-refractivity contribution in [2.24, 2.45) is 0 Å². The Labute approximate surface area is 103 Å². The lowest BCUT2D eigenvalue weighted by molar-refractivity contribution is -0.135. The molecule has 0 aliphatic carbocycles. The van der Waals surface area contributed by atoms with E-state index in [2.05, 4.69) is 5.32 Å². The minimum absolute atomic E-state index is 0.0158. The first-order valence-electron chi connectivity index (χ1n) is 5.44. The number of carbonyl (C=O) groups is 1. The van der Waals surface area contributed by atoms with Crippen LogP contribution in [0.1, 0.15) is 28.8 Å². The summed E-state index contributed by atoms with van der Waals surface area (Å²) in [6, 6.07) is 4.36. The van der Waals surface area contributed by atoms with Gasteiger partial charge in [-0.05, 0) is 31.0 Å². The van der Waals surface area contributed by atoms with Gasteiger partial charge in [-0.2, -0.15) is 13.2 Å². The first-order chi connectivity index (χ1) is 8.29. The molecule has 0 aliphatic rings. The summed E-state index contributed by atoms with van der Waals surface area (Å²) in [6.45, 7) is 1.63. The molecule has 0 saturated heterocycles. The van der Waals surface area contributed by atoms with Gasteiger partial charge in [0.05, 0.1) is 0 Å². The number of halogens is 3. The van der Waals surface area contributed by atoms with Crippen LogP contribution in [0.2, 0.25) is 0 Å². The van der Waals surface area contributed by atoms with Crippen molar-refractivity contribution in [2.45, 2.75) is 25.9 Å². The number of aromatic hydroxyl groups is 1. The van der Waals surface area contributed by atoms with Crippen molar-refractivity contribution in [1.29, 1.82) is 0 Å². The van der Waals surface area contributed by atoms with Gasteiger partial charge in [0, 0.05) is 18.5 Å². The van der Waals surface area contributed by atoms with Crippen molar-refractivity contribution in [1.82, 2.24) is 5.32 Å². The molecule has 0 aromatic heterocycles. The van der Waals surface area contributed by atoms with E-state index in [1.165, 1.54) is 12.1 Å². The fourth-order valence-corrected chi connectivity index (χ4v) is 1.34. The van der Waals surface area contributed by atoms with E-state index in [1.807, 2.05) is 0 Å². The summed E-state index contributed by atoms with van der Waals surface area (Å²) in [7, 11) is 0. The van der Waals surface area contributed by atoms with Gasteiger partial charge in [-0.25, -0.2) is 0 Å². The predicted octanol–water partition coefficient (Wildman–Crippen LogP) is 2.77. The molecular weight excluding hydrogens is 247 g/mol. The Bertz CT molecular complexity index is 430. The van der Waals surface area contributed by atoms with E-state index in [1.54, 1.807) is 13.0 Å². The average molecular weight is 261 g/mol. The number of amides is 1. The minimum Gasteiger partial charge on any atom is -0.508 e. The van der Waals surface area contributed by atoms with Crippen molar-refractivity contribution in [3.05, 3.63) is 29.3 Å². The van der Waals surface area contributed by atoms with Crippen LogP contribution in [0.25, 0.3) is 0 Å². The zero-order valence-corrected chi connectivity index (χ0v) is 9.84. The van der Waals surface area contributed by atoms with Crippen LogP contribution in [-0.4, -0.2) is 23.7 Å². The van der Waals surface area contributed by atoms with Crippen LogP contribution in [0.5, 0.6) is 5.75 Å². The second-order valence-corrected chi connectivity index (χ2v) is 3.98. The number of hydrogen-bond acceptors (Lipinski definition) is 2. The van der Waals surface area contributed by atoms with Gasteiger partial charge in [0.15, 0.2) is 0 Å². The van der Waals surface area contributed by atoms with Crippen LogP contribution >= 0.6 is 0 Å². The number of nitrogens with one attached hydrogen (secondary N) is 1. The van der Waals surface area contributed by atoms with Gasteiger partial charge in [0.2, 0.25) is 0 Å². The number of rotatable bonds is 4. The number of carbonyl (C=O) groups excluding carboxylic acids is 1. The maximum Gasteiger partial charge on any atom is 0.389 e. The summed E-state index contributed by atoms with van der Waals surface area (Å²) in [5.41, 5.74) is 0.855. The third kappa shape index (κ3) is 4.65. The molecule has 0 atom stereocenters. The zero-order chi connectivity index (χ0) is 13.8. The molecule has 1 rings (SSSR count). The molecule has 3 nitrogen and oxygen atoms in total. The molecule has 0 bridgehead atoms. The van der Waals surface area contributed by atoms with E-state index in [-0.39, 0.29) is 24.3 Å². The summed E-state index contributed by atoms with van der Waals surface area (Å²) in [4.78, 5) is 11.5. The molecule has 1 aromatic carbocycles. The van der Waals surface area contributed by atoms with Gasteiger partial charge in [0.25, 0.3) is 5.91 Å². The van der Waals surface area contributed by atoms with Gasteiger partial charge < -0.3 is 10.4 Å². The van der Waals surface area contributed by atoms with E-state index >= 15 is 0 Å². The molecule has 18 heavy (non-hydrogen) atoms. The van der Waals surface area contributed by atoms with Gasteiger partial charge in [-0.3, -0.25) is 4.79 Å². The average Bonchev–Trinajstić information content (AvgIpc) is 2.26.